The van der Waals surface area contributed by atoms with Gasteiger partial charge in [-0.1, -0.05) is 11.8 Å². The standard InChI is InChI=1S/C9H13N5S/c10-5-1-2-6-15-9-13-12-8(11)14(9)7-3-4-7/h7H,1-4,6H2,(H2,11,12). The lowest BCUT2D eigenvalue weighted by molar-refractivity contribution is 0.671. The lowest BCUT2D eigenvalue weighted by Crippen LogP contribution is -2.02. The Morgan fingerprint density at radius 1 is 1.53 bits per heavy atom. The molecule has 1 aromatic rings. The van der Waals surface area contributed by atoms with Crippen molar-refractivity contribution in [3.63, 3.8) is 0 Å². The number of nitriles is 1. The molecule has 15 heavy (non-hydrogen) atoms. The number of thioether (sulfide) groups is 1. The van der Waals surface area contributed by atoms with Crippen molar-refractivity contribution in [1.29, 1.82) is 5.26 Å². The molecule has 1 saturated carbocycles. The molecule has 1 aromatic heterocycles. The Morgan fingerprint density at radius 3 is 3.00 bits per heavy atom. The number of anilines is 1. The van der Waals surface area contributed by atoms with Gasteiger partial charge in [-0.25, -0.2) is 0 Å². The van der Waals surface area contributed by atoms with Gasteiger partial charge in [0.15, 0.2) is 5.16 Å². The highest BCUT2D eigenvalue weighted by atomic mass is 32.2. The molecule has 0 spiro atoms. The van der Waals surface area contributed by atoms with Crippen molar-refractivity contribution in [2.45, 2.75) is 36.9 Å². The van der Waals surface area contributed by atoms with Crippen molar-refractivity contribution < 1.29 is 0 Å². The van der Waals surface area contributed by atoms with Crippen molar-refractivity contribution in [1.82, 2.24) is 14.8 Å². The van der Waals surface area contributed by atoms with Crippen LogP contribution in [0.15, 0.2) is 5.16 Å². The van der Waals surface area contributed by atoms with Gasteiger partial charge in [-0.3, -0.25) is 4.57 Å². The van der Waals surface area contributed by atoms with E-state index in [0.717, 1.165) is 17.3 Å². The number of hydrogen-bond acceptors (Lipinski definition) is 5. The molecular formula is C9H13N5S. The fourth-order valence-corrected chi connectivity index (χ4v) is 2.33. The van der Waals surface area contributed by atoms with Crippen LogP contribution in [0.25, 0.3) is 0 Å². The third kappa shape index (κ3) is 2.42. The van der Waals surface area contributed by atoms with E-state index in [1.807, 2.05) is 4.57 Å². The number of nitrogens with zero attached hydrogens (tertiary/aromatic N) is 4. The van der Waals surface area contributed by atoms with Crippen LogP contribution >= 0.6 is 11.8 Å². The molecule has 6 heteroatoms. The Bertz CT molecular complexity index is 376. The van der Waals surface area contributed by atoms with Gasteiger partial charge < -0.3 is 5.73 Å². The number of nitrogens with two attached hydrogens (primary N) is 1. The fourth-order valence-electron chi connectivity index (χ4n) is 1.38. The van der Waals surface area contributed by atoms with E-state index in [1.165, 1.54) is 12.8 Å². The maximum atomic E-state index is 8.41. The Hall–Kier alpha value is -1.22. The highest BCUT2D eigenvalue weighted by Crippen LogP contribution is 2.39. The normalized spacial score (nSPS) is 15.1. The van der Waals surface area contributed by atoms with E-state index in [4.69, 9.17) is 11.0 Å². The smallest absolute Gasteiger partial charge is 0.222 e. The Balaban J connectivity index is 1.93. The first kappa shape index (κ1) is 10.3. The van der Waals surface area contributed by atoms with E-state index < -0.39 is 0 Å². The number of rotatable bonds is 5. The maximum Gasteiger partial charge on any atom is 0.222 e. The van der Waals surface area contributed by atoms with E-state index in [2.05, 4.69) is 16.3 Å². The van der Waals surface area contributed by atoms with Crippen molar-refractivity contribution in [2.75, 3.05) is 11.5 Å². The molecule has 1 fully saturated rings. The number of nitrogen functional groups attached to an aromatic ring is 1. The van der Waals surface area contributed by atoms with Crippen molar-refractivity contribution >= 4 is 17.7 Å². The second kappa shape index (κ2) is 4.53. The molecule has 0 radical (unpaired) electrons. The molecule has 5 nitrogen and oxygen atoms in total. The summed E-state index contributed by atoms with van der Waals surface area (Å²) in [5.41, 5.74) is 5.74. The molecule has 0 amide bonds. The van der Waals surface area contributed by atoms with Crippen LogP contribution in [-0.2, 0) is 0 Å². The van der Waals surface area contributed by atoms with Gasteiger partial charge in [0.25, 0.3) is 0 Å². The quantitative estimate of drug-likeness (QED) is 0.605. The second-order valence-corrected chi connectivity index (χ2v) is 4.61. The molecule has 1 heterocycles. The summed E-state index contributed by atoms with van der Waals surface area (Å²) in [6.07, 6.45) is 3.83. The lowest BCUT2D eigenvalue weighted by atomic mass is 10.4. The predicted molar refractivity (Wildman–Crippen MR) is 58.3 cm³/mol. The first-order chi connectivity index (χ1) is 7.33. The van der Waals surface area contributed by atoms with Crippen LogP contribution < -0.4 is 5.73 Å². The van der Waals surface area contributed by atoms with E-state index in [0.29, 0.717) is 18.4 Å². The first-order valence-electron chi connectivity index (χ1n) is 5.03. The van der Waals surface area contributed by atoms with E-state index >= 15 is 0 Å². The van der Waals surface area contributed by atoms with E-state index in [-0.39, 0.29) is 0 Å². The predicted octanol–water partition coefficient (Wildman–Crippen LogP) is 1.59. The van der Waals surface area contributed by atoms with Crippen LogP contribution in [-0.4, -0.2) is 20.5 Å². The van der Waals surface area contributed by atoms with Gasteiger partial charge in [-0.15, -0.1) is 10.2 Å². The minimum absolute atomic E-state index is 0.512. The summed E-state index contributed by atoms with van der Waals surface area (Å²) < 4.78 is 2.01. The van der Waals surface area contributed by atoms with Gasteiger partial charge >= 0.3 is 0 Å². The van der Waals surface area contributed by atoms with Crippen LogP contribution in [0.1, 0.15) is 31.7 Å². The third-order valence-corrected chi connectivity index (χ3v) is 3.30. The van der Waals surface area contributed by atoms with Gasteiger partial charge in [0.2, 0.25) is 5.95 Å². The molecule has 2 rings (SSSR count). The molecule has 80 valence electrons. The largest absolute Gasteiger partial charge is 0.368 e. The number of aromatic nitrogens is 3. The molecule has 0 bridgehead atoms. The van der Waals surface area contributed by atoms with Gasteiger partial charge in [-0.2, -0.15) is 5.26 Å². The zero-order chi connectivity index (χ0) is 10.7. The van der Waals surface area contributed by atoms with Gasteiger partial charge in [0.05, 0.1) is 6.07 Å². The van der Waals surface area contributed by atoms with Crippen LogP contribution in [0.4, 0.5) is 5.95 Å². The summed E-state index contributed by atoms with van der Waals surface area (Å²) in [7, 11) is 0. The highest BCUT2D eigenvalue weighted by molar-refractivity contribution is 7.99. The minimum atomic E-state index is 0.512. The highest BCUT2D eigenvalue weighted by Gasteiger charge is 2.28. The molecule has 0 atom stereocenters. The van der Waals surface area contributed by atoms with E-state index in [1.54, 1.807) is 11.8 Å². The SMILES string of the molecule is N#CCCCSc1nnc(N)n1C1CC1. The van der Waals surface area contributed by atoms with Gasteiger partial charge in [0, 0.05) is 18.2 Å². The fraction of sp³-hybridized carbons (Fsp3) is 0.667. The molecule has 0 unspecified atom stereocenters. The summed E-state index contributed by atoms with van der Waals surface area (Å²) >= 11 is 1.63. The van der Waals surface area contributed by atoms with Crippen molar-refractivity contribution in [3.05, 3.63) is 0 Å². The molecule has 0 aliphatic heterocycles. The van der Waals surface area contributed by atoms with Crippen molar-refractivity contribution in [3.8, 4) is 6.07 Å². The zero-order valence-corrected chi connectivity index (χ0v) is 9.20. The number of unbranched alkanes of at least 4 members (excludes halogenated alkanes) is 1. The van der Waals surface area contributed by atoms with Gasteiger partial charge in [0.1, 0.15) is 0 Å². The lowest BCUT2D eigenvalue weighted by Gasteiger charge is -2.04. The molecule has 2 N–H and O–H groups in total. The third-order valence-electron chi connectivity index (χ3n) is 2.27. The summed E-state index contributed by atoms with van der Waals surface area (Å²) in [5, 5.41) is 17.2. The molecule has 0 saturated heterocycles. The van der Waals surface area contributed by atoms with Gasteiger partial charge in [-0.05, 0) is 19.3 Å². The number of hydrogen-bond donors (Lipinski definition) is 1. The summed E-state index contributed by atoms with van der Waals surface area (Å²) in [6.45, 7) is 0. The minimum Gasteiger partial charge on any atom is -0.368 e. The summed E-state index contributed by atoms with van der Waals surface area (Å²) in [4.78, 5) is 0. The van der Waals surface area contributed by atoms with Crippen LogP contribution in [0.5, 0.6) is 0 Å². The first-order valence-corrected chi connectivity index (χ1v) is 6.01. The topological polar surface area (TPSA) is 80.5 Å². The average Bonchev–Trinajstić information content (AvgIpc) is 2.99. The Labute approximate surface area is 92.7 Å². The van der Waals surface area contributed by atoms with E-state index in [9.17, 15) is 0 Å². The monoisotopic (exact) mass is 223 g/mol. The van der Waals surface area contributed by atoms with Crippen LogP contribution in [0.2, 0.25) is 0 Å². The van der Waals surface area contributed by atoms with Crippen LogP contribution in [0.3, 0.4) is 0 Å². The molecule has 0 aromatic carbocycles. The Kier molecular flexibility index (Phi) is 3.11. The average molecular weight is 223 g/mol. The Morgan fingerprint density at radius 2 is 2.33 bits per heavy atom. The molecule has 1 aliphatic carbocycles. The summed E-state index contributed by atoms with van der Waals surface area (Å²) in [5.74, 6) is 1.42. The second-order valence-electron chi connectivity index (χ2n) is 3.55. The van der Waals surface area contributed by atoms with Crippen LogP contribution in [0, 0.1) is 11.3 Å². The van der Waals surface area contributed by atoms with Crippen molar-refractivity contribution in [2.24, 2.45) is 0 Å². The zero-order valence-electron chi connectivity index (χ0n) is 8.39. The molecular weight excluding hydrogens is 210 g/mol. The summed E-state index contributed by atoms with van der Waals surface area (Å²) in [6, 6.07) is 2.64. The maximum absolute atomic E-state index is 8.41. The molecule has 1 aliphatic rings.